The first-order chi connectivity index (χ1) is 12.0. The SMILES string of the molecule is COc1ccc(-c2nc3c(NS(=O)(=O)C4CC4)ncnc3n2C)cc1. The summed E-state index contributed by atoms with van der Waals surface area (Å²) in [4.78, 5) is 12.9. The highest BCUT2D eigenvalue weighted by molar-refractivity contribution is 7.93. The summed E-state index contributed by atoms with van der Waals surface area (Å²) in [5.74, 6) is 1.64. The summed E-state index contributed by atoms with van der Waals surface area (Å²) in [7, 11) is 0.0285. The summed E-state index contributed by atoms with van der Waals surface area (Å²) in [6, 6.07) is 7.47. The molecule has 8 nitrogen and oxygen atoms in total. The normalized spacial score (nSPS) is 14.6. The van der Waals surface area contributed by atoms with Crippen LogP contribution in [-0.4, -0.2) is 40.3 Å². The number of rotatable bonds is 5. The van der Waals surface area contributed by atoms with Gasteiger partial charge in [-0.1, -0.05) is 0 Å². The van der Waals surface area contributed by atoms with Crippen molar-refractivity contribution in [1.29, 1.82) is 0 Å². The second kappa shape index (κ2) is 5.69. The lowest BCUT2D eigenvalue weighted by atomic mass is 10.2. The highest BCUT2D eigenvalue weighted by Crippen LogP contribution is 2.32. The van der Waals surface area contributed by atoms with E-state index in [2.05, 4.69) is 19.7 Å². The summed E-state index contributed by atoms with van der Waals surface area (Å²) in [5, 5.41) is -0.331. The van der Waals surface area contributed by atoms with Gasteiger partial charge >= 0.3 is 0 Å². The van der Waals surface area contributed by atoms with Crippen molar-refractivity contribution in [1.82, 2.24) is 19.5 Å². The van der Waals surface area contributed by atoms with E-state index in [1.54, 1.807) is 7.11 Å². The number of imidazole rings is 1. The van der Waals surface area contributed by atoms with Gasteiger partial charge in [0.05, 0.1) is 12.4 Å². The van der Waals surface area contributed by atoms with E-state index in [9.17, 15) is 8.42 Å². The van der Waals surface area contributed by atoms with Crippen molar-refractivity contribution in [3.8, 4) is 17.1 Å². The van der Waals surface area contributed by atoms with Crippen molar-refractivity contribution in [2.45, 2.75) is 18.1 Å². The van der Waals surface area contributed by atoms with Gasteiger partial charge in [0.1, 0.15) is 17.9 Å². The maximum absolute atomic E-state index is 12.2. The minimum Gasteiger partial charge on any atom is -0.497 e. The van der Waals surface area contributed by atoms with Crippen molar-refractivity contribution in [3.05, 3.63) is 30.6 Å². The standard InChI is InChI=1S/C16H17N5O3S/c1-21-15(10-3-5-11(24-2)6-4-10)19-13-14(17-9-18-16(13)21)20-25(22,23)12-7-8-12/h3-6,9,12H,7-8H2,1-2H3,(H,17,18,20). The van der Waals surface area contributed by atoms with E-state index < -0.39 is 10.0 Å². The first kappa shape index (κ1) is 15.8. The third-order valence-electron chi connectivity index (χ3n) is 4.21. The van der Waals surface area contributed by atoms with E-state index >= 15 is 0 Å². The molecule has 3 aromatic rings. The zero-order chi connectivity index (χ0) is 17.6. The van der Waals surface area contributed by atoms with Gasteiger partial charge in [0.2, 0.25) is 10.0 Å². The summed E-state index contributed by atoms with van der Waals surface area (Å²) in [6.45, 7) is 0. The maximum Gasteiger partial charge on any atom is 0.236 e. The molecule has 0 bridgehead atoms. The van der Waals surface area contributed by atoms with Gasteiger partial charge in [-0.3, -0.25) is 4.72 Å². The topological polar surface area (TPSA) is 99.0 Å². The van der Waals surface area contributed by atoms with E-state index in [4.69, 9.17) is 4.74 Å². The number of nitrogens with one attached hydrogen (secondary N) is 1. The molecule has 2 aromatic heterocycles. The predicted octanol–water partition coefficient (Wildman–Crippen LogP) is 1.94. The first-order valence-corrected chi connectivity index (χ1v) is 9.37. The molecule has 0 amide bonds. The molecule has 0 atom stereocenters. The summed E-state index contributed by atoms with van der Waals surface area (Å²) in [6.07, 6.45) is 2.71. The van der Waals surface area contributed by atoms with Gasteiger partial charge in [-0.2, -0.15) is 0 Å². The predicted molar refractivity (Wildman–Crippen MR) is 93.9 cm³/mol. The van der Waals surface area contributed by atoms with Crippen LogP contribution >= 0.6 is 0 Å². The molecule has 1 N–H and O–H groups in total. The number of ether oxygens (including phenoxy) is 1. The fourth-order valence-electron chi connectivity index (χ4n) is 2.67. The Hall–Kier alpha value is -2.68. The number of methoxy groups -OCH3 is 1. The van der Waals surface area contributed by atoms with Crippen LogP contribution in [-0.2, 0) is 17.1 Å². The van der Waals surface area contributed by atoms with Crippen molar-refractivity contribution >= 4 is 27.0 Å². The number of hydrogen-bond donors (Lipinski definition) is 1. The van der Waals surface area contributed by atoms with Crippen LogP contribution in [0.3, 0.4) is 0 Å². The number of benzene rings is 1. The summed E-state index contributed by atoms with van der Waals surface area (Å²) < 4.78 is 34.0. The molecular weight excluding hydrogens is 342 g/mol. The van der Waals surface area contributed by atoms with Crippen LogP contribution in [0.1, 0.15) is 12.8 Å². The average molecular weight is 359 g/mol. The van der Waals surface area contributed by atoms with E-state index in [-0.39, 0.29) is 11.1 Å². The molecular formula is C16H17N5O3S. The zero-order valence-electron chi connectivity index (χ0n) is 13.8. The number of aromatic nitrogens is 4. The van der Waals surface area contributed by atoms with Gasteiger partial charge in [0.25, 0.3) is 0 Å². The zero-order valence-corrected chi connectivity index (χ0v) is 14.6. The molecule has 0 aliphatic heterocycles. The minimum atomic E-state index is -3.41. The molecule has 130 valence electrons. The van der Waals surface area contributed by atoms with Crippen molar-refractivity contribution in [3.63, 3.8) is 0 Å². The molecule has 4 rings (SSSR count). The number of nitrogens with zero attached hydrogens (tertiary/aromatic N) is 4. The lowest BCUT2D eigenvalue weighted by Gasteiger charge is -2.05. The number of sulfonamides is 1. The maximum atomic E-state index is 12.2. The molecule has 1 aliphatic carbocycles. The Morgan fingerprint density at radius 2 is 1.92 bits per heavy atom. The Balaban J connectivity index is 1.79. The van der Waals surface area contributed by atoms with Crippen LogP contribution < -0.4 is 9.46 Å². The van der Waals surface area contributed by atoms with Crippen molar-refractivity contribution in [2.75, 3.05) is 11.8 Å². The van der Waals surface area contributed by atoms with Gasteiger partial charge in [-0.25, -0.2) is 23.4 Å². The van der Waals surface area contributed by atoms with Gasteiger partial charge in [0.15, 0.2) is 17.0 Å². The second-order valence-corrected chi connectivity index (χ2v) is 7.92. The fraction of sp³-hybridized carbons (Fsp3) is 0.312. The van der Waals surface area contributed by atoms with Crippen molar-refractivity contribution < 1.29 is 13.2 Å². The Kier molecular flexibility index (Phi) is 3.60. The van der Waals surface area contributed by atoms with Gasteiger partial charge < -0.3 is 9.30 Å². The molecule has 0 saturated heterocycles. The van der Waals surface area contributed by atoms with Crippen LogP contribution in [0.25, 0.3) is 22.6 Å². The molecule has 0 spiro atoms. The summed E-state index contributed by atoms with van der Waals surface area (Å²) >= 11 is 0. The Labute approximate surface area is 144 Å². The highest BCUT2D eigenvalue weighted by atomic mass is 32.2. The largest absolute Gasteiger partial charge is 0.497 e. The van der Waals surface area contributed by atoms with E-state index in [0.29, 0.717) is 29.8 Å². The molecule has 1 fully saturated rings. The molecule has 0 unspecified atom stereocenters. The third-order valence-corrected chi connectivity index (χ3v) is 6.03. The number of anilines is 1. The second-order valence-electron chi connectivity index (χ2n) is 5.96. The smallest absolute Gasteiger partial charge is 0.236 e. The highest BCUT2D eigenvalue weighted by Gasteiger charge is 2.36. The van der Waals surface area contributed by atoms with Gasteiger partial charge in [0, 0.05) is 12.6 Å². The molecule has 9 heteroatoms. The van der Waals surface area contributed by atoms with Crippen LogP contribution in [0.15, 0.2) is 30.6 Å². The van der Waals surface area contributed by atoms with E-state index in [1.165, 1.54) is 6.33 Å². The summed E-state index contributed by atoms with van der Waals surface area (Å²) in [5.41, 5.74) is 1.87. The fourth-order valence-corrected chi connectivity index (χ4v) is 4.01. The van der Waals surface area contributed by atoms with Gasteiger partial charge in [-0.15, -0.1) is 0 Å². The first-order valence-electron chi connectivity index (χ1n) is 7.83. The number of hydrogen-bond acceptors (Lipinski definition) is 6. The quantitative estimate of drug-likeness (QED) is 0.747. The molecule has 1 saturated carbocycles. The van der Waals surface area contributed by atoms with Gasteiger partial charge in [-0.05, 0) is 37.1 Å². The Morgan fingerprint density at radius 1 is 1.20 bits per heavy atom. The number of fused-ring (bicyclic) bond motifs is 1. The minimum absolute atomic E-state index is 0.215. The Morgan fingerprint density at radius 3 is 2.56 bits per heavy atom. The van der Waals surface area contributed by atoms with Crippen LogP contribution in [0.2, 0.25) is 0 Å². The van der Waals surface area contributed by atoms with Crippen molar-refractivity contribution in [2.24, 2.45) is 7.05 Å². The number of aryl methyl sites for hydroxylation is 1. The van der Waals surface area contributed by atoms with E-state index in [0.717, 1.165) is 11.3 Å². The lowest BCUT2D eigenvalue weighted by molar-refractivity contribution is 0.415. The molecule has 25 heavy (non-hydrogen) atoms. The van der Waals surface area contributed by atoms with Crippen LogP contribution in [0.5, 0.6) is 5.75 Å². The van der Waals surface area contributed by atoms with Crippen LogP contribution in [0.4, 0.5) is 5.82 Å². The Bertz CT molecular complexity index is 1040. The third kappa shape index (κ3) is 2.80. The van der Waals surface area contributed by atoms with E-state index in [1.807, 2.05) is 35.9 Å². The molecule has 1 aliphatic rings. The monoisotopic (exact) mass is 359 g/mol. The lowest BCUT2D eigenvalue weighted by Crippen LogP contribution is -2.18. The average Bonchev–Trinajstić information content (AvgIpc) is 3.41. The molecule has 2 heterocycles. The molecule has 0 radical (unpaired) electrons. The molecule has 1 aromatic carbocycles. The van der Waals surface area contributed by atoms with Crippen LogP contribution in [0, 0.1) is 0 Å².